The molecule has 1 aliphatic heterocycles. The molecule has 1 unspecified atom stereocenters. The van der Waals surface area contributed by atoms with E-state index in [-0.39, 0.29) is 11.1 Å². The number of aliphatic hydroxyl groups excluding tert-OH is 1. The van der Waals surface area contributed by atoms with Gasteiger partial charge in [0.15, 0.2) is 16.6 Å². The number of ether oxygens (including phenoxy) is 2. The number of hydrogen-bond acceptors (Lipinski definition) is 7. The fraction of sp³-hybridized carbons (Fsp3) is 0.296. The number of hydrogen-bond donors (Lipinski definition) is 1. The van der Waals surface area contributed by atoms with Gasteiger partial charge in [0.2, 0.25) is 0 Å². The molecule has 1 saturated heterocycles. The van der Waals surface area contributed by atoms with Crippen LogP contribution in [-0.4, -0.2) is 35.0 Å². The molecular weight excluding hydrogens is 483 g/mol. The van der Waals surface area contributed by atoms with Crippen LogP contribution in [0.25, 0.3) is 5.76 Å². The van der Waals surface area contributed by atoms with Gasteiger partial charge in [-0.2, -0.15) is 0 Å². The lowest BCUT2D eigenvalue weighted by atomic mass is 9.95. The van der Waals surface area contributed by atoms with E-state index in [4.69, 9.17) is 9.47 Å². The van der Waals surface area contributed by atoms with E-state index in [1.807, 2.05) is 6.92 Å². The molecule has 1 fully saturated rings. The summed E-state index contributed by atoms with van der Waals surface area (Å²) in [5.41, 5.74) is 0.641. The lowest BCUT2D eigenvalue weighted by molar-refractivity contribution is -0.132. The Morgan fingerprint density at radius 2 is 1.89 bits per heavy atom. The van der Waals surface area contributed by atoms with Crippen molar-refractivity contribution in [3.63, 3.8) is 0 Å². The highest BCUT2D eigenvalue weighted by molar-refractivity contribution is 7.14. The maximum absolute atomic E-state index is 13.5. The monoisotopic (exact) mass is 510 g/mol. The molecular formula is C27H27FN2O5S. The third kappa shape index (κ3) is 5.11. The van der Waals surface area contributed by atoms with Gasteiger partial charge in [0, 0.05) is 17.1 Å². The van der Waals surface area contributed by atoms with Crippen LogP contribution in [0, 0.1) is 11.7 Å². The molecule has 0 saturated carbocycles. The van der Waals surface area contributed by atoms with Crippen molar-refractivity contribution in [3.05, 3.63) is 76.6 Å². The van der Waals surface area contributed by atoms with Gasteiger partial charge in [0.05, 0.1) is 24.8 Å². The number of rotatable bonds is 9. The van der Waals surface area contributed by atoms with Gasteiger partial charge in [-0.3, -0.25) is 14.5 Å². The van der Waals surface area contributed by atoms with Crippen molar-refractivity contribution in [2.75, 3.05) is 18.1 Å². The maximum Gasteiger partial charge on any atom is 0.301 e. The molecule has 188 valence electrons. The Morgan fingerprint density at radius 3 is 2.53 bits per heavy atom. The summed E-state index contributed by atoms with van der Waals surface area (Å²) in [7, 11) is 0. The van der Waals surface area contributed by atoms with E-state index in [0.29, 0.717) is 41.3 Å². The summed E-state index contributed by atoms with van der Waals surface area (Å²) in [6.07, 6.45) is 2.41. The van der Waals surface area contributed by atoms with E-state index in [2.05, 4.69) is 18.8 Å². The number of thiazole rings is 1. The summed E-state index contributed by atoms with van der Waals surface area (Å²) in [6, 6.07) is 9.29. The zero-order chi connectivity index (χ0) is 25.8. The van der Waals surface area contributed by atoms with Gasteiger partial charge in [0.1, 0.15) is 11.6 Å². The topological polar surface area (TPSA) is 89.0 Å². The third-order valence-electron chi connectivity index (χ3n) is 5.72. The average Bonchev–Trinajstić information content (AvgIpc) is 3.47. The number of aliphatic hydroxyl groups is 1. The molecule has 7 nitrogen and oxygen atoms in total. The van der Waals surface area contributed by atoms with Crippen LogP contribution < -0.4 is 14.4 Å². The Balaban J connectivity index is 1.84. The summed E-state index contributed by atoms with van der Waals surface area (Å²) in [5.74, 6) is -1.06. The zero-order valence-corrected chi connectivity index (χ0v) is 21.0. The first-order chi connectivity index (χ1) is 17.3. The summed E-state index contributed by atoms with van der Waals surface area (Å²) in [6.45, 7) is 6.96. The minimum absolute atomic E-state index is 0.113. The van der Waals surface area contributed by atoms with E-state index < -0.39 is 29.3 Å². The highest BCUT2D eigenvalue weighted by Crippen LogP contribution is 2.44. The lowest BCUT2D eigenvalue weighted by Crippen LogP contribution is -2.29. The Bertz CT molecular complexity index is 1270. The molecule has 36 heavy (non-hydrogen) atoms. The molecule has 0 bridgehead atoms. The number of aromatic nitrogens is 1. The van der Waals surface area contributed by atoms with E-state index >= 15 is 0 Å². The van der Waals surface area contributed by atoms with E-state index in [1.54, 1.807) is 23.6 Å². The average molecular weight is 511 g/mol. The van der Waals surface area contributed by atoms with E-state index in [0.717, 1.165) is 6.42 Å². The number of benzene rings is 2. The number of carbonyl (C=O) groups is 2. The first-order valence-corrected chi connectivity index (χ1v) is 12.6. The number of anilines is 1. The fourth-order valence-corrected chi connectivity index (χ4v) is 4.60. The fourth-order valence-electron chi connectivity index (χ4n) is 3.93. The SMILES string of the molecule is CCOc1cc(C2/C(=C(\O)c3ccc(F)cc3)C(=O)C(=O)N2c2nccs2)ccc1OCCC(C)C. The van der Waals surface area contributed by atoms with Gasteiger partial charge < -0.3 is 14.6 Å². The molecule has 2 aromatic carbocycles. The lowest BCUT2D eigenvalue weighted by Gasteiger charge is -2.24. The Hall–Kier alpha value is -3.72. The second kappa shape index (κ2) is 10.9. The Labute approximate surface area is 212 Å². The second-order valence-electron chi connectivity index (χ2n) is 8.66. The highest BCUT2D eigenvalue weighted by Gasteiger charge is 2.48. The highest BCUT2D eigenvalue weighted by atomic mass is 32.1. The second-order valence-corrected chi connectivity index (χ2v) is 9.53. The van der Waals surface area contributed by atoms with Crippen LogP contribution in [-0.2, 0) is 9.59 Å². The summed E-state index contributed by atoms with van der Waals surface area (Å²) < 4.78 is 25.2. The molecule has 4 rings (SSSR count). The summed E-state index contributed by atoms with van der Waals surface area (Å²) >= 11 is 1.20. The van der Waals surface area contributed by atoms with Crippen molar-refractivity contribution in [1.29, 1.82) is 0 Å². The molecule has 0 spiro atoms. The molecule has 1 amide bonds. The number of nitrogens with zero attached hydrogens (tertiary/aromatic N) is 2. The first-order valence-electron chi connectivity index (χ1n) is 11.7. The summed E-state index contributed by atoms with van der Waals surface area (Å²) in [5, 5.41) is 13.1. The van der Waals surface area contributed by atoms with Gasteiger partial charge in [-0.25, -0.2) is 9.37 Å². The first kappa shape index (κ1) is 25.4. The van der Waals surface area contributed by atoms with Crippen LogP contribution in [0.2, 0.25) is 0 Å². The number of halogens is 1. The molecule has 9 heteroatoms. The Morgan fingerprint density at radius 1 is 1.14 bits per heavy atom. The van der Waals surface area contributed by atoms with Gasteiger partial charge in [-0.1, -0.05) is 19.9 Å². The standard InChI is InChI=1S/C27H27FN2O5S/c1-4-34-21-15-18(7-10-20(21)35-13-11-16(2)3)23-22(24(31)17-5-8-19(28)9-6-17)25(32)26(33)30(23)27-29-12-14-36-27/h5-10,12,14-16,23,31H,4,11,13H2,1-3H3/b24-22+. The quantitative estimate of drug-likeness (QED) is 0.225. The van der Waals surface area contributed by atoms with E-state index in [1.165, 1.54) is 46.7 Å². The van der Waals surface area contributed by atoms with Crippen molar-refractivity contribution >= 4 is 33.9 Å². The predicted octanol–water partition coefficient (Wildman–Crippen LogP) is 5.73. The molecule has 0 aliphatic carbocycles. The molecule has 0 radical (unpaired) electrons. The van der Waals surface area contributed by atoms with E-state index in [9.17, 15) is 19.1 Å². The van der Waals surface area contributed by atoms with Crippen LogP contribution in [0.3, 0.4) is 0 Å². The molecule has 1 aromatic heterocycles. The molecule has 1 atom stereocenters. The summed E-state index contributed by atoms with van der Waals surface area (Å²) in [4.78, 5) is 31.9. The van der Waals surface area contributed by atoms with Gasteiger partial charge in [-0.05, 0) is 61.2 Å². The largest absolute Gasteiger partial charge is 0.507 e. The van der Waals surface area contributed by atoms with Gasteiger partial charge >= 0.3 is 5.91 Å². The van der Waals surface area contributed by atoms with Crippen molar-refractivity contribution in [2.45, 2.75) is 33.2 Å². The number of ketones is 1. The van der Waals surface area contributed by atoms with Crippen molar-refractivity contribution in [2.24, 2.45) is 5.92 Å². The van der Waals surface area contributed by atoms with Crippen LogP contribution in [0.5, 0.6) is 11.5 Å². The van der Waals surface area contributed by atoms with Crippen LogP contribution >= 0.6 is 11.3 Å². The predicted molar refractivity (Wildman–Crippen MR) is 136 cm³/mol. The van der Waals surface area contributed by atoms with Crippen molar-refractivity contribution in [3.8, 4) is 11.5 Å². The Kier molecular flexibility index (Phi) is 7.69. The van der Waals surface area contributed by atoms with Gasteiger partial charge in [-0.15, -0.1) is 11.3 Å². The van der Waals surface area contributed by atoms with Crippen LogP contribution in [0.1, 0.15) is 44.4 Å². The molecule has 1 aliphatic rings. The minimum atomic E-state index is -0.967. The number of carbonyl (C=O) groups excluding carboxylic acids is 2. The maximum atomic E-state index is 13.5. The number of amides is 1. The van der Waals surface area contributed by atoms with Gasteiger partial charge in [0.25, 0.3) is 5.78 Å². The molecule has 1 N–H and O–H groups in total. The zero-order valence-electron chi connectivity index (χ0n) is 20.2. The molecule has 2 heterocycles. The van der Waals surface area contributed by atoms with Crippen LogP contribution in [0.15, 0.2) is 59.6 Å². The smallest absolute Gasteiger partial charge is 0.301 e. The normalized spacial score (nSPS) is 17.1. The third-order valence-corrected chi connectivity index (χ3v) is 6.49. The van der Waals surface area contributed by atoms with Crippen molar-refractivity contribution < 1.29 is 28.6 Å². The number of Topliss-reactive ketones (excluding diaryl/α,β-unsaturated/α-hetero) is 1. The molecule has 3 aromatic rings. The van der Waals surface area contributed by atoms with Crippen LogP contribution in [0.4, 0.5) is 9.52 Å². The minimum Gasteiger partial charge on any atom is -0.507 e. The van der Waals surface area contributed by atoms with Crippen molar-refractivity contribution in [1.82, 2.24) is 4.98 Å².